The summed E-state index contributed by atoms with van der Waals surface area (Å²) in [4.78, 5) is 29.4. The van der Waals surface area contributed by atoms with Crippen LogP contribution in [0, 0.1) is 19.3 Å². The minimum absolute atomic E-state index is 0.0161. The van der Waals surface area contributed by atoms with Crippen molar-refractivity contribution in [3.05, 3.63) is 58.8 Å². The molecular weight excluding hydrogens is 506 g/mol. The Kier molecular flexibility index (Phi) is 7.79. The predicted octanol–water partition coefficient (Wildman–Crippen LogP) is 4.82. The highest BCUT2D eigenvalue weighted by molar-refractivity contribution is 6.03. The first-order valence-electron chi connectivity index (χ1n) is 13.5. The molecule has 1 saturated heterocycles. The summed E-state index contributed by atoms with van der Waals surface area (Å²) < 4.78 is 13.0. The van der Waals surface area contributed by atoms with Crippen molar-refractivity contribution in [2.45, 2.75) is 33.6 Å². The molecule has 5 rings (SSSR count). The van der Waals surface area contributed by atoms with E-state index in [-0.39, 0.29) is 5.91 Å². The number of aryl methyl sites for hydroxylation is 4. The molecule has 0 saturated carbocycles. The topological polar surface area (TPSA) is 118 Å². The largest absolute Gasteiger partial charge is 0.496 e. The second kappa shape index (κ2) is 11.4. The van der Waals surface area contributed by atoms with Crippen molar-refractivity contribution in [2.75, 3.05) is 38.7 Å². The van der Waals surface area contributed by atoms with Gasteiger partial charge in [0.2, 0.25) is 0 Å². The predicted molar refractivity (Wildman–Crippen MR) is 156 cm³/mol. The number of rotatable bonds is 8. The number of hydrogen-bond acceptors (Lipinski definition) is 8. The Hall–Kier alpha value is -4.31. The number of aromatic nitrogens is 4. The Morgan fingerprint density at radius 1 is 1.23 bits per heavy atom. The lowest BCUT2D eigenvalue weighted by Crippen LogP contribution is -2.41. The number of hydrogen-bond donors (Lipinski definition) is 2. The monoisotopic (exact) mass is 541 g/mol. The zero-order valence-corrected chi connectivity index (χ0v) is 23.7. The Bertz CT molecular complexity index is 1590. The summed E-state index contributed by atoms with van der Waals surface area (Å²) in [5, 5.41) is 12.5. The van der Waals surface area contributed by atoms with Crippen LogP contribution >= 0.6 is 0 Å². The van der Waals surface area contributed by atoms with Gasteiger partial charge >= 0.3 is 0 Å². The van der Waals surface area contributed by atoms with E-state index in [0.717, 1.165) is 40.6 Å². The fourth-order valence-corrected chi connectivity index (χ4v) is 5.43. The molecule has 0 radical (unpaired) electrons. The van der Waals surface area contributed by atoms with Gasteiger partial charge in [-0.3, -0.25) is 14.8 Å². The molecule has 0 bridgehead atoms. The number of carbonyl (C=O) groups excluding carboxylic acids is 1. The van der Waals surface area contributed by atoms with E-state index < -0.39 is 0 Å². The lowest BCUT2D eigenvalue weighted by Gasteiger charge is -2.27. The number of fused-ring (bicyclic) bond motifs is 1. The molecule has 0 unspecified atom stereocenters. The number of ether oxygens (including phenoxy) is 2. The molecule has 0 atom stereocenters. The Morgan fingerprint density at radius 3 is 2.70 bits per heavy atom. The van der Waals surface area contributed by atoms with Crippen molar-refractivity contribution >= 4 is 34.5 Å². The number of morpholine rings is 1. The number of anilines is 2. The minimum Gasteiger partial charge on any atom is -0.496 e. The molecule has 40 heavy (non-hydrogen) atoms. The quantitative estimate of drug-likeness (QED) is 0.307. The van der Waals surface area contributed by atoms with E-state index in [0.29, 0.717) is 66.2 Å². The fraction of sp³-hybridized carbons (Fsp3) is 0.367. The van der Waals surface area contributed by atoms with Gasteiger partial charge in [0.1, 0.15) is 17.3 Å². The van der Waals surface area contributed by atoms with Gasteiger partial charge in [-0.15, -0.1) is 0 Å². The second-order valence-electron chi connectivity index (χ2n) is 9.94. The van der Waals surface area contributed by atoms with Crippen molar-refractivity contribution in [2.24, 2.45) is 7.05 Å². The average Bonchev–Trinajstić information content (AvgIpc) is 3.22. The van der Waals surface area contributed by atoms with Gasteiger partial charge in [-0.25, -0.2) is 4.98 Å². The number of nitrogens with zero attached hydrogens (tertiary/aromatic N) is 5. The van der Waals surface area contributed by atoms with Gasteiger partial charge in [0, 0.05) is 55.4 Å². The molecule has 1 aliphatic heterocycles. The molecule has 1 aliphatic rings. The van der Waals surface area contributed by atoms with Crippen molar-refractivity contribution in [1.82, 2.24) is 24.4 Å². The number of nitrogens with one attached hydrogen (secondary N) is 2. The van der Waals surface area contributed by atoms with Gasteiger partial charge in [-0.2, -0.15) is 0 Å². The molecule has 208 valence electrons. The van der Waals surface area contributed by atoms with Crippen LogP contribution in [0.3, 0.4) is 0 Å². The van der Waals surface area contributed by atoms with Crippen molar-refractivity contribution in [1.29, 1.82) is 5.41 Å². The van der Waals surface area contributed by atoms with Gasteiger partial charge in [-0.05, 0) is 44.0 Å². The van der Waals surface area contributed by atoms with Gasteiger partial charge in [-0.1, -0.05) is 13.3 Å². The van der Waals surface area contributed by atoms with Crippen LogP contribution in [0.25, 0.3) is 22.2 Å². The molecular formula is C30H35N7O3. The molecule has 1 amide bonds. The summed E-state index contributed by atoms with van der Waals surface area (Å²) in [7, 11) is 3.56. The summed E-state index contributed by atoms with van der Waals surface area (Å²) in [6.45, 7) is 8.28. The van der Waals surface area contributed by atoms with Crippen LogP contribution in [0.2, 0.25) is 0 Å². The second-order valence-corrected chi connectivity index (χ2v) is 9.94. The molecule has 0 spiro atoms. The molecule has 4 aromatic heterocycles. The third-order valence-electron chi connectivity index (χ3n) is 7.42. The highest BCUT2D eigenvalue weighted by Gasteiger charge is 2.26. The maximum absolute atomic E-state index is 13.6. The normalized spacial score (nSPS) is 13.5. The van der Waals surface area contributed by atoms with Crippen LogP contribution in [0.15, 0.2) is 30.6 Å². The first-order valence-corrected chi connectivity index (χ1v) is 13.5. The van der Waals surface area contributed by atoms with E-state index in [2.05, 4.69) is 17.2 Å². The van der Waals surface area contributed by atoms with Gasteiger partial charge in [0.25, 0.3) is 5.91 Å². The summed E-state index contributed by atoms with van der Waals surface area (Å²) in [5.41, 5.74) is 7.01. The summed E-state index contributed by atoms with van der Waals surface area (Å²) in [5.74, 6) is 1.33. The molecule has 4 aromatic rings. The number of methoxy groups -OCH3 is 1. The van der Waals surface area contributed by atoms with E-state index in [4.69, 9.17) is 24.9 Å². The minimum atomic E-state index is 0.0161. The molecule has 1 fully saturated rings. The van der Waals surface area contributed by atoms with Crippen molar-refractivity contribution in [3.63, 3.8) is 0 Å². The van der Waals surface area contributed by atoms with Crippen LogP contribution in [0.5, 0.6) is 5.75 Å². The van der Waals surface area contributed by atoms with E-state index in [1.54, 1.807) is 25.6 Å². The fourth-order valence-electron chi connectivity index (χ4n) is 5.43. The highest BCUT2D eigenvalue weighted by atomic mass is 16.5. The van der Waals surface area contributed by atoms with Crippen molar-refractivity contribution in [3.8, 4) is 17.0 Å². The maximum atomic E-state index is 13.6. The molecule has 0 aliphatic carbocycles. The highest BCUT2D eigenvalue weighted by Crippen LogP contribution is 2.34. The third kappa shape index (κ3) is 4.90. The Balaban J connectivity index is 1.62. The van der Waals surface area contributed by atoms with Crippen LogP contribution < -0.4 is 10.1 Å². The van der Waals surface area contributed by atoms with E-state index in [9.17, 15) is 4.79 Å². The van der Waals surface area contributed by atoms with Gasteiger partial charge in [0.15, 0.2) is 0 Å². The van der Waals surface area contributed by atoms with Crippen LogP contribution in [-0.4, -0.2) is 70.0 Å². The summed E-state index contributed by atoms with van der Waals surface area (Å²) in [6, 6.07) is 5.68. The van der Waals surface area contributed by atoms with E-state index in [1.165, 1.54) is 6.21 Å². The SMILES string of the molecule is CCCc1nc(Nc2cc(-c3cnccc3OC)nc(C)c2C=N)cc2c(C)c(C(=O)N3CCOCC3)n(C)c12. The van der Waals surface area contributed by atoms with E-state index in [1.807, 2.05) is 42.5 Å². The third-order valence-corrected chi connectivity index (χ3v) is 7.42. The number of amides is 1. The van der Waals surface area contributed by atoms with Crippen LogP contribution in [0.4, 0.5) is 11.5 Å². The molecule has 10 heteroatoms. The molecule has 5 heterocycles. The van der Waals surface area contributed by atoms with Crippen LogP contribution in [0.1, 0.15) is 46.3 Å². The van der Waals surface area contributed by atoms with Crippen LogP contribution in [-0.2, 0) is 18.2 Å². The molecule has 2 N–H and O–H groups in total. The first-order chi connectivity index (χ1) is 19.4. The Morgan fingerprint density at radius 2 is 2.00 bits per heavy atom. The zero-order chi connectivity index (χ0) is 28.4. The summed E-state index contributed by atoms with van der Waals surface area (Å²) in [6.07, 6.45) is 6.37. The molecule has 0 aromatic carbocycles. The average molecular weight is 542 g/mol. The van der Waals surface area contributed by atoms with Gasteiger partial charge < -0.3 is 29.7 Å². The number of carbonyl (C=O) groups is 1. The Labute approximate surface area is 233 Å². The zero-order valence-electron chi connectivity index (χ0n) is 23.7. The van der Waals surface area contributed by atoms with E-state index >= 15 is 0 Å². The number of pyridine rings is 3. The summed E-state index contributed by atoms with van der Waals surface area (Å²) >= 11 is 0. The smallest absolute Gasteiger partial charge is 0.270 e. The maximum Gasteiger partial charge on any atom is 0.270 e. The van der Waals surface area contributed by atoms with Crippen molar-refractivity contribution < 1.29 is 14.3 Å². The van der Waals surface area contributed by atoms with Gasteiger partial charge in [0.05, 0.1) is 48.5 Å². The molecule has 10 nitrogen and oxygen atoms in total. The lowest BCUT2D eigenvalue weighted by molar-refractivity contribution is 0.0296. The lowest BCUT2D eigenvalue weighted by atomic mass is 10.1. The first kappa shape index (κ1) is 27.3. The standard InChI is InChI=1S/C30H35N7O3/c1-6-7-23-29-20(18(2)28(36(29)4)30(38)37-10-12-40-13-11-37)14-27(34-23)35-24-15-25(33-19(3)21(24)16-31)22-17-32-9-8-26(22)39-5/h8-9,14-17,31H,6-7,10-13H2,1-5H3,(H,33,34,35).